The number of imide groups is 1. The van der Waals surface area contributed by atoms with Gasteiger partial charge < -0.3 is 5.32 Å². The smallest absolute Gasteiger partial charge is 0.238 e. The van der Waals surface area contributed by atoms with E-state index in [-0.39, 0.29) is 29.6 Å². The molecular weight excluding hydrogens is 388 g/mol. The Kier molecular flexibility index (Phi) is 8.86. The predicted octanol–water partition coefficient (Wildman–Crippen LogP) is 6.00. The van der Waals surface area contributed by atoms with Crippen LogP contribution in [0.2, 0.25) is 0 Å². The molecule has 3 amide bonds. The lowest BCUT2D eigenvalue weighted by Gasteiger charge is -2.16. The van der Waals surface area contributed by atoms with E-state index < -0.39 is 0 Å². The van der Waals surface area contributed by atoms with Crippen molar-refractivity contribution in [3.05, 3.63) is 36.4 Å². The molecule has 0 bridgehead atoms. The molecule has 1 fully saturated rings. The number of hydrogen-bond donors (Lipinski definition) is 1. The maximum Gasteiger partial charge on any atom is 0.238 e. The van der Waals surface area contributed by atoms with Crippen molar-refractivity contribution in [1.82, 2.24) is 0 Å². The molecule has 3 rings (SSSR count). The summed E-state index contributed by atoms with van der Waals surface area (Å²) in [7, 11) is 0. The Morgan fingerprint density at radius 1 is 0.903 bits per heavy atom. The van der Waals surface area contributed by atoms with Crippen LogP contribution in [0.25, 0.3) is 0 Å². The molecule has 1 aliphatic carbocycles. The first-order valence-electron chi connectivity index (χ1n) is 12.0. The third-order valence-electron chi connectivity index (χ3n) is 6.40. The normalized spacial score (nSPS) is 20.2. The number of benzene rings is 1. The van der Waals surface area contributed by atoms with Gasteiger partial charge in [-0.05, 0) is 37.5 Å². The van der Waals surface area contributed by atoms with Gasteiger partial charge in [-0.2, -0.15) is 0 Å². The topological polar surface area (TPSA) is 66.5 Å². The highest BCUT2D eigenvalue weighted by Gasteiger charge is 2.47. The molecule has 1 N–H and O–H groups in total. The van der Waals surface area contributed by atoms with Gasteiger partial charge >= 0.3 is 0 Å². The first kappa shape index (κ1) is 23.2. The minimum absolute atomic E-state index is 0.0166. The number of hydrogen-bond acceptors (Lipinski definition) is 3. The van der Waals surface area contributed by atoms with Crippen LogP contribution in [-0.2, 0) is 14.4 Å². The molecule has 5 heteroatoms. The third-order valence-corrected chi connectivity index (χ3v) is 6.40. The van der Waals surface area contributed by atoms with Crippen LogP contribution in [0, 0.1) is 11.8 Å². The van der Waals surface area contributed by atoms with Crippen LogP contribution in [-0.4, -0.2) is 17.7 Å². The second kappa shape index (κ2) is 11.8. The summed E-state index contributed by atoms with van der Waals surface area (Å²) in [6.45, 7) is 2.23. The van der Waals surface area contributed by atoms with Crippen LogP contribution >= 0.6 is 0 Å². The molecule has 0 saturated carbocycles. The van der Waals surface area contributed by atoms with E-state index >= 15 is 0 Å². The van der Waals surface area contributed by atoms with Crippen molar-refractivity contribution in [2.75, 3.05) is 10.2 Å². The van der Waals surface area contributed by atoms with Gasteiger partial charge in [0.1, 0.15) is 0 Å². The second-order valence-corrected chi connectivity index (χ2v) is 8.84. The number of unbranched alkanes of at least 4 members (excludes halogenated alkanes) is 8. The molecule has 2 atom stereocenters. The number of nitrogens with zero attached hydrogens (tertiary/aromatic N) is 1. The van der Waals surface area contributed by atoms with Gasteiger partial charge in [-0.1, -0.05) is 76.5 Å². The average molecular weight is 425 g/mol. The minimum Gasteiger partial charge on any atom is -0.326 e. The molecule has 1 aromatic carbocycles. The van der Waals surface area contributed by atoms with Crippen molar-refractivity contribution in [3.8, 4) is 0 Å². The van der Waals surface area contributed by atoms with Crippen molar-refractivity contribution in [2.45, 2.75) is 84.0 Å². The molecular formula is C26H36N2O3. The van der Waals surface area contributed by atoms with E-state index in [9.17, 15) is 14.4 Å². The van der Waals surface area contributed by atoms with Crippen molar-refractivity contribution >= 4 is 29.1 Å². The van der Waals surface area contributed by atoms with Crippen LogP contribution in [0.1, 0.15) is 84.0 Å². The lowest BCUT2D eigenvalue weighted by molar-refractivity contribution is -0.122. The number of carbonyl (C=O) groups excluding carboxylic acids is 3. The highest BCUT2D eigenvalue weighted by molar-refractivity contribution is 6.22. The number of anilines is 2. The largest absolute Gasteiger partial charge is 0.326 e. The Labute approximate surface area is 186 Å². The Hall–Kier alpha value is -2.43. The van der Waals surface area contributed by atoms with Gasteiger partial charge in [-0.25, -0.2) is 4.90 Å². The number of rotatable bonds is 12. The molecule has 1 aliphatic heterocycles. The summed E-state index contributed by atoms with van der Waals surface area (Å²) in [5.74, 6) is -0.767. The van der Waals surface area contributed by atoms with E-state index in [1.54, 1.807) is 24.3 Å². The van der Waals surface area contributed by atoms with Gasteiger partial charge in [0.25, 0.3) is 0 Å². The average Bonchev–Trinajstić information content (AvgIpc) is 3.03. The maximum atomic E-state index is 12.8. The zero-order chi connectivity index (χ0) is 22.1. The van der Waals surface area contributed by atoms with Gasteiger partial charge in [0.05, 0.1) is 17.5 Å². The molecule has 0 spiro atoms. The number of nitrogens with one attached hydrogen (secondary N) is 1. The van der Waals surface area contributed by atoms with Crippen molar-refractivity contribution in [2.24, 2.45) is 11.8 Å². The van der Waals surface area contributed by atoms with E-state index in [4.69, 9.17) is 0 Å². The Morgan fingerprint density at radius 2 is 1.48 bits per heavy atom. The predicted molar refractivity (Wildman–Crippen MR) is 125 cm³/mol. The Morgan fingerprint density at radius 3 is 2.10 bits per heavy atom. The first-order chi connectivity index (χ1) is 15.1. The number of amides is 3. The van der Waals surface area contributed by atoms with Gasteiger partial charge in [-0.3, -0.25) is 14.4 Å². The summed E-state index contributed by atoms with van der Waals surface area (Å²) < 4.78 is 0. The van der Waals surface area contributed by atoms with Crippen LogP contribution < -0.4 is 10.2 Å². The zero-order valence-electron chi connectivity index (χ0n) is 18.8. The molecule has 1 heterocycles. The van der Waals surface area contributed by atoms with Crippen molar-refractivity contribution < 1.29 is 14.4 Å². The molecule has 0 aromatic heterocycles. The monoisotopic (exact) mass is 424 g/mol. The second-order valence-electron chi connectivity index (χ2n) is 8.84. The summed E-state index contributed by atoms with van der Waals surface area (Å²) in [6.07, 6.45) is 16.7. The number of allylic oxidation sites excluding steroid dienone is 2. The highest BCUT2D eigenvalue weighted by Crippen LogP contribution is 2.38. The van der Waals surface area contributed by atoms with E-state index in [0.29, 0.717) is 30.6 Å². The lowest BCUT2D eigenvalue weighted by atomic mass is 9.85. The summed E-state index contributed by atoms with van der Waals surface area (Å²) >= 11 is 0. The molecule has 2 aliphatic rings. The van der Waals surface area contributed by atoms with E-state index in [1.807, 2.05) is 12.2 Å². The molecule has 31 heavy (non-hydrogen) atoms. The third kappa shape index (κ3) is 6.28. The highest BCUT2D eigenvalue weighted by atomic mass is 16.2. The molecule has 5 nitrogen and oxygen atoms in total. The summed E-state index contributed by atoms with van der Waals surface area (Å²) in [6, 6.07) is 7.08. The van der Waals surface area contributed by atoms with Crippen molar-refractivity contribution in [1.29, 1.82) is 0 Å². The fourth-order valence-electron chi connectivity index (χ4n) is 4.60. The summed E-state index contributed by atoms with van der Waals surface area (Å²) in [5, 5.41) is 2.92. The van der Waals surface area contributed by atoms with E-state index in [2.05, 4.69) is 12.2 Å². The number of fused-ring (bicyclic) bond motifs is 1. The first-order valence-corrected chi connectivity index (χ1v) is 12.0. The van der Waals surface area contributed by atoms with Crippen LogP contribution in [0.4, 0.5) is 11.4 Å². The molecule has 0 unspecified atom stereocenters. The summed E-state index contributed by atoms with van der Waals surface area (Å²) in [4.78, 5) is 39.2. The molecule has 168 valence electrons. The fraction of sp³-hybridized carbons (Fsp3) is 0.577. The molecule has 1 saturated heterocycles. The minimum atomic E-state index is -0.248. The Bertz CT molecular complexity index is 776. The van der Waals surface area contributed by atoms with Gasteiger partial charge in [-0.15, -0.1) is 0 Å². The quantitative estimate of drug-likeness (QED) is 0.254. The van der Waals surface area contributed by atoms with E-state index in [1.165, 1.54) is 49.8 Å². The maximum absolute atomic E-state index is 12.8. The standard InChI is InChI=1S/C26H36N2O3/c1-2-3-4-5-6-7-8-9-10-18-24(29)27-20-14-13-15-21(19-20)28-25(30)22-16-11-12-17-23(22)26(28)31/h11-15,19,22-23H,2-10,16-18H2,1H3,(H,27,29)/t22-,23+. The van der Waals surface area contributed by atoms with Crippen LogP contribution in [0.3, 0.4) is 0 Å². The van der Waals surface area contributed by atoms with Gasteiger partial charge in [0.2, 0.25) is 17.7 Å². The molecule has 0 radical (unpaired) electrons. The van der Waals surface area contributed by atoms with Gasteiger partial charge in [0, 0.05) is 12.1 Å². The van der Waals surface area contributed by atoms with Crippen molar-refractivity contribution in [3.63, 3.8) is 0 Å². The fourth-order valence-corrected chi connectivity index (χ4v) is 4.60. The number of carbonyl (C=O) groups is 3. The zero-order valence-corrected chi connectivity index (χ0v) is 18.8. The lowest BCUT2D eigenvalue weighted by Crippen LogP contribution is -2.30. The van der Waals surface area contributed by atoms with Crippen LogP contribution in [0.15, 0.2) is 36.4 Å². The Balaban J connectivity index is 1.43. The van der Waals surface area contributed by atoms with Gasteiger partial charge in [0.15, 0.2) is 0 Å². The van der Waals surface area contributed by atoms with E-state index in [0.717, 1.165) is 12.8 Å². The summed E-state index contributed by atoms with van der Waals surface area (Å²) in [5.41, 5.74) is 1.18. The SMILES string of the molecule is CCCCCCCCCCCC(=O)Nc1cccc(N2C(=O)[C@H]3CC=CC[C@H]3C2=O)c1. The van der Waals surface area contributed by atoms with Crippen LogP contribution in [0.5, 0.6) is 0 Å². The molecule has 1 aromatic rings.